The van der Waals surface area contributed by atoms with Gasteiger partial charge in [0.05, 0.1) is 39.1 Å². The highest BCUT2D eigenvalue weighted by Gasteiger charge is 1.97. The molecule has 0 aliphatic carbocycles. The van der Waals surface area contributed by atoms with E-state index in [0.29, 0.717) is 33.0 Å². The summed E-state index contributed by atoms with van der Waals surface area (Å²) in [6, 6.07) is 0. The molecule has 0 radical (unpaired) electrons. The van der Waals surface area contributed by atoms with E-state index in [9.17, 15) is 4.79 Å². The molecule has 2 N–H and O–H groups in total. The first-order valence-electron chi connectivity index (χ1n) is 5.72. The Balaban J connectivity index is 3.01. The summed E-state index contributed by atoms with van der Waals surface area (Å²) in [5.41, 5.74) is 4.95. The maximum Gasteiger partial charge on any atom is 0.219 e. The second kappa shape index (κ2) is 10.9. The first kappa shape index (κ1) is 15.3. The van der Waals surface area contributed by atoms with Gasteiger partial charge in [-0.15, -0.1) is 0 Å². The minimum absolute atomic E-state index is 0.261. The van der Waals surface area contributed by atoms with Crippen molar-refractivity contribution in [1.82, 2.24) is 0 Å². The molecule has 1 amide bonds. The molecule has 16 heavy (non-hydrogen) atoms. The molecule has 1 unspecified atom stereocenters. The Morgan fingerprint density at radius 1 is 1.12 bits per heavy atom. The van der Waals surface area contributed by atoms with E-state index in [-0.39, 0.29) is 18.4 Å². The summed E-state index contributed by atoms with van der Waals surface area (Å²) < 4.78 is 15.8. The molecule has 0 rings (SSSR count). The lowest BCUT2D eigenvalue weighted by atomic mass is 10.3. The Labute approximate surface area is 97.2 Å². The molecular weight excluding hydrogens is 210 g/mol. The summed E-state index contributed by atoms with van der Waals surface area (Å²) in [6.07, 6.45) is 1.56. The number of nitrogens with two attached hydrogens (primary N) is 1. The summed E-state index contributed by atoms with van der Waals surface area (Å²) in [7, 11) is 0. The number of hydrogen-bond acceptors (Lipinski definition) is 4. The minimum Gasteiger partial charge on any atom is -0.379 e. The Hall–Kier alpha value is -0.650. The van der Waals surface area contributed by atoms with E-state index in [2.05, 4.69) is 6.92 Å². The van der Waals surface area contributed by atoms with Gasteiger partial charge in [-0.05, 0) is 13.3 Å². The van der Waals surface area contributed by atoms with Crippen molar-refractivity contribution >= 4 is 5.91 Å². The third-order valence-electron chi connectivity index (χ3n) is 2.07. The average molecular weight is 233 g/mol. The summed E-state index contributed by atoms with van der Waals surface area (Å²) in [4.78, 5) is 10.4. The van der Waals surface area contributed by atoms with E-state index in [0.717, 1.165) is 6.42 Å². The molecule has 0 fully saturated rings. The molecule has 0 aromatic rings. The van der Waals surface area contributed by atoms with Gasteiger partial charge in [-0.25, -0.2) is 0 Å². The van der Waals surface area contributed by atoms with Gasteiger partial charge in [-0.2, -0.15) is 0 Å². The molecule has 0 aromatic carbocycles. The van der Waals surface area contributed by atoms with Crippen molar-refractivity contribution in [2.24, 2.45) is 5.73 Å². The number of hydrogen-bond donors (Lipinski definition) is 1. The van der Waals surface area contributed by atoms with E-state index in [4.69, 9.17) is 19.9 Å². The van der Waals surface area contributed by atoms with Crippen LogP contribution in [-0.2, 0) is 19.0 Å². The first-order valence-corrected chi connectivity index (χ1v) is 5.72. The zero-order chi connectivity index (χ0) is 12.2. The quantitative estimate of drug-likeness (QED) is 0.533. The van der Waals surface area contributed by atoms with Gasteiger partial charge in [0.15, 0.2) is 0 Å². The van der Waals surface area contributed by atoms with Gasteiger partial charge < -0.3 is 19.9 Å². The van der Waals surface area contributed by atoms with Crippen molar-refractivity contribution in [2.45, 2.75) is 32.8 Å². The topological polar surface area (TPSA) is 70.8 Å². The SMILES string of the molecule is CCC(C)OCCOCCOCCC(N)=O. The Bertz CT molecular complexity index is 175. The molecule has 0 aromatic heterocycles. The fourth-order valence-corrected chi connectivity index (χ4v) is 0.921. The van der Waals surface area contributed by atoms with Crippen molar-refractivity contribution < 1.29 is 19.0 Å². The predicted octanol–water partition coefficient (Wildman–Crippen LogP) is 0.710. The fraction of sp³-hybridized carbons (Fsp3) is 0.909. The maximum absolute atomic E-state index is 10.4. The smallest absolute Gasteiger partial charge is 0.219 e. The van der Waals surface area contributed by atoms with Crippen molar-refractivity contribution in [1.29, 1.82) is 0 Å². The Morgan fingerprint density at radius 3 is 2.25 bits per heavy atom. The van der Waals surface area contributed by atoms with Crippen LogP contribution in [-0.4, -0.2) is 45.0 Å². The van der Waals surface area contributed by atoms with E-state index >= 15 is 0 Å². The van der Waals surface area contributed by atoms with Crippen LogP contribution >= 0.6 is 0 Å². The van der Waals surface area contributed by atoms with E-state index < -0.39 is 0 Å². The number of primary amides is 1. The van der Waals surface area contributed by atoms with Crippen LogP contribution in [0.2, 0.25) is 0 Å². The maximum atomic E-state index is 10.4. The van der Waals surface area contributed by atoms with Crippen LogP contribution in [0.15, 0.2) is 0 Å². The molecule has 5 nitrogen and oxygen atoms in total. The number of rotatable bonds is 11. The lowest BCUT2D eigenvalue weighted by Crippen LogP contribution is -2.16. The summed E-state index contributed by atoms with van der Waals surface area (Å²) in [6.45, 7) is 6.66. The van der Waals surface area contributed by atoms with Crippen molar-refractivity contribution in [3.8, 4) is 0 Å². The van der Waals surface area contributed by atoms with Gasteiger partial charge >= 0.3 is 0 Å². The van der Waals surface area contributed by atoms with Crippen molar-refractivity contribution in [3.05, 3.63) is 0 Å². The van der Waals surface area contributed by atoms with Crippen molar-refractivity contribution in [2.75, 3.05) is 33.0 Å². The molecule has 0 spiro atoms. The van der Waals surface area contributed by atoms with Gasteiger partial charge in [0.1, 0.15) is 0 Å². The number of amides is 1. The second-order valence-electron chi connectivity index (χ2n) is 3.53. The molecule has 0 heterocycles. The van der Waals surface area contributed by atoms with Gasteiger partial charge in [0.2, 0.25) is 5.91 Å². The molecule has 1 atom stereocenters. The van der Waals surface area contributed by atoms with Crippen LogP contribution in [0, 0.1) is 0 Å². The van der Waals surface area contributed by atoms with E-state index in [1.165, 1.54) is 0 Å². The highest BCUT2D eigenvalue weighted by Crippen LogP contribution is 1.94. The number of carbonyl (C=O) groups excluding carboxylic acids is 1. The molecule has 0 aliphatic heterocycles. The lowest BCUT2D eigenvalue weighted by Gasteiger charge is -2.10. The third-order valence-corrected chi connectivity index (χ3v) is 2.07. The van der Waals surface area contributed by atoms with Gasteiger partial charge in [0, 0.05) is 6.42 Å². The fourth-order valence-electron chi connectivity index (χ4n) is 0.921. The van der Waals surface area contributed by atoms with Gasteiger partial charge in [-0.1, -0.05) is 6.92 Å². The van der Waals surface area contributed by atoms with Crippen LogP contribution in [0.1, 0.15) is 26.7 Å². The van der Waals surface area contributed by atoms with Crippen LogP contribution in [0.5, 0.6) is 0 Å². The minimum atomic E-state index is -0.345. The molecule has 0 aliphatic rings. The number of carbonyl (C=O) groups is 1. The molecule has 0 saturated heterocycles. The van der Waals surface area contributed by atoms with Crippen LogP contribution < -0.4 is 5.73 Å². The predicted molar refractivity (Wildman–Crippen MR) is 61.2 cm³/mol. The third kappa shape index (κ3) is 11.4. The van der Waals surface area contributed by atoms with E-state index in [1.807, 2.05) is 6.92 Å². The van der Waals surface area contributed by atoms with Crippen molar-refractivity contribution in [3.63, 3.8) is 0 Å². The standard InChI is InChI=1S/C11H23NO4/c1-3-10(2)16-9-8-15-7-6-14-5-4-11(12)13/h10H,3-9H2,1-2H3,(H2,12,13). The molecule has 96 valence electrons. The normalized spacial score (nSPS) is 12.6. The van der Waals surface area contributed by atoms with Crippen LogP contribution in [0.4, 0.5) is 0 Å². The highest BCUT2D eigenvalue weighted by atomic mass is 16.5. The Kier molecular flexibility index (Phi) is 10.4. The van der Waals surface area contributed by atoms with Crippen LogP contribution in [0.25, 0.3) is 0 Å². The molecule has 0 bridgehead atoms. The highest BCUT2D eigenvalue weighted by molar-refractivity contribution is 5.73. The average Bonchev–Trinajstić information content (AvgIpc) is 2.26. The van der Waals surface area contributed by atoms with Crippen LogP contribution in [0.3, 0.4) is 0 Å². The molecular formula is C11H23NO4. The van der Waals surface area contributed by atoms with E-state index in [1.54, 1.807) is 0 Å². The Morgan fingerprint density at radius 2 is 1.69 bits per heavy atom. The largest absolute Gasteiger partial charge is 0.379 e. The molecule has 5 heteroatoms. The summed E-state index contributed by atoms with van der Waals surface area (Å²) in [5, 5.41) is 0. The monoisotopic (exact) mass is 233 g/mol. The zero-order valence-electron chi connectivity index (χ0n) is 10.2. The van der Waals surface area contributed by atoms with Gasteiger partial charge in [0.25, 0.3) is 0 Å². The second-order valence-corrected chi connectivity index (χ2v) is 3.53. The summed E-state index contributed by atoms with van der Waals surface area (Å²) in [5.74, 6) is -0.345. The number of ether oxygens (including phenoxy) is 3. The van der Waals surface area contributed by atoms with Gasteiger partial charge in [-0.3, -0.25) is 4.79 Å². The summed E-state index contributed by atoms with van der Waals surface area (Å²) >= 11 is 0. The molecule has 0 saturated carbocycles. The lowest BCUT2D eigenvalue weighted by molar-refractivity contribution is -0.119. The zero-order valence-corrected chi connectivity index (χ0v) is 10.2. The first-order chi connectivity index (χ1) is 7.66.